The zero-order valence-electron chi connectivity index (χ0n) is 21.5. The Kier molecular flexibility index (Phi) is 6.87. The van der Waals surface area contributed by atoms with Crippen molar-refractivity contribution in [2.45, 2.75) is 125 Å². The Bertz CT molecular complexity index is 643. The molecule has 1 saturated heterocycles. The number of piperidine rings is 1. The maximum absolute atomic E-state index is 12.3. The van der Waals surface area contributed by atoms with E-state index in [4.69, 9.17) is 0 Å². The van der Waals surface area contributed by atoms with Gasteiger partial charge in [0.2, 0.25) is 5.91 Å². The first-order valence-corrected chi connectivity index (χ1v) is 14.0. The largest absolute Gasteiger partial charge is 0.353 e. The van der Waals surface area contributed by atoms with Gasteiger partial charge in [0, 0.05) is 12.5 Å². The van der Waals surface area contributed by atoms with Gasteiger partial charge in [0.1, 0.15) is 0 Å². The number of carbonyl (C=O) groups excluding carboxylic acids is 1. The number of nitrogens with one attached hydrogen (secondary N) is 1. The van der Waals surface area contributed by atoms with Crippen LogP contribution in [0.1, 0.15) is 119 Å². The van der Waals surface area contributed by atoms with Gasteiger partial charge >= 0.3 is 0 Å². The zero-order chi connectivity index (χ0) is 22.4. The second kappa shape index (κ2) is 9.02. The topological polar surface area (TPSA) is 29.1 Å². The van der Waals surface area contributed by atoms with E-state index in [1.54, 1.807) is 0 Å². The first kappa shape index (κ1) is 23.6. The van der Waals surface area contributed by atoms with Crippen LogP contribution in [0.15, 0.2) is 0 Å². The van der Waals surface area contributed by atoms with E-state index in [2.05, 4.69) is 46.9 Å². The highest BCUT2D eigenvalue weighted by Crippen LogP contribution is 2.68. The van der Waals surface area contributed by atoms with Crippen LogP contribution in [0, 0.1) is 52.3 Å². The average molecular weight is 430 g/mol. The number of hydrogen-bond donors (Lipinski definition) is 1. The molecular formula is C29H51NO. The van der Waals surface area contributed by atoms with Gasteiger partial charge in [-0.25, -0.2) is 0 Å². The maximum atomic E-state index is 12.3. The molecule has 0 radical (unpaired) electrons. The van der Waals surface area contributed by atoms with Crippen LogP contribution in [0.5, 0.6) is 0 Å². The lowest BCUT2D eigenvalue weighted by atomic mass is 9.44. The molecule has 4 rings (SSSR count). The van der Waals surface area contributed by atoms with Gasteiger partial charge < -0.3 is 5.32 Å². The second-order valence-electron chi connectivity index (χ2n) is 13.2. The molecule has 3 aliphatic carbocycles. The van der Waals surface area contributed by atoms with E-state index in [0.29, 0.717) is 22.8 Å². The minimum Gasteiger partial charge on any atom is -0.353 e. The third-order valence-corrected chi connectivity index (χ3v) is 11.1. The summed E-state index contributed by atoms with van der Waals surface area (Å²) < 4.78 is 0. The van der Waals surface area contributed by atoms with Gasteiger partial charge in [-0.3, -0.25) is 4.79 Å². The van der Waals surface area contributed by atoms with Gasteiger partial charge in [-0.15, -0.1) is 0 Å². The number of carbonyl (C=O) groups is 1. The van der Waals surface area contributed by atoms with E-state index in [9.17, 15) is 4.79 Å². The lowest BCUT2D eigenvalue weighted by Crippen LogP contribution is -2.63. The van der Waals surface area contributed by atoms with Crippen LogP contribution in [-0.4, -0.2) is 11.9 Å². The van der Waals surface area contributed by atoms with Gasteiger partial charge in [0.15, 0.2) is 0 Å². The van der Waals surface area contributed by atoms with Crippen molar-refractivity contribution in [3.63, 3.8) is 0 Å². The van der Waals surface area contributed by atoms with Gasteiger partial charge in [0.25, 0.3) is 0 Å². The summed E-state index contributed by atoms with van der Waals surface area (Å²) in [6.07, 6.45) is 15.8. The quantitative estimate of drug-likeness (QED) is 0.443. The third kappa shape index (κ3) is 4.12. The SMILES string of the molecule is CCC[C@H]1CC2NC(=O)CC[C@]2(C)[C@H]2CC[C@]3(C)[C@@H]([C@H](C)CCCC(C)C)CC[C@H]3[C@H]12. The summed E-state index contributed by atoms with van der Waals surface area (Å²) in [5.41, 5.74) is 0.899. The second-order valence-corrected chi connectivity index (χ2v) is 13.2. The monoisotopic (exact) mass is 429 g/mol. The molecule has 31 heavy (non-hydrogen) atoms. The van der Waals surface area contributed by atoms with Crippen LogP contribution in [-0.2, 0) is 4.79 Å². The molecule has 1 heterocycles. The summed E-state index contributed by atoms with van der Waals surface area (Å²) in [6.45, 7) is 15.0. The van der Waals surface area contributed by atoms with Crippen molar-refractivity contribution >= 4 is 5.91 Å². The summed E-state index contributed by atoms with van der Waals surface area (Å²) in [7, 11) is 0. The van der Waals surface area contributed by atoms with Crippen molar-refractivity contribution in [3.05, 3.63) is 0 Å². The zero-order valence-corrected chi connectivity index (χ0v) is 21.5. The molecule has 0 spiro atoms. The fourth-order valence-corrected chi connectivity index (χ4v) is 9.55. The Morgan fingerprint density at radius 1 is 1.00 bits per heavy atom. The number of fused-ring (bicyclic) bond motifs is 5. The average Bonchev–Trinajstić information content (AvgIpc) is 3.06. The van der Waals surface area contributed by atoms with E-state index in [0.717, 1.165) is 54.3 Å². The molecule has 0 bridgehead atoms. The Morgan fingerprint density at radius 3 is 2.45 bits per heavy atom. The highest BCUT2D eigenvalue weighted by Gasteiger charge is 2.62. The van der Waals surface area contributed by atoms with Crippen LogP contribution in [0.3, 0.4) is 0 Å². The first-order valence-electron chi connectivity index (χ1n) is 14.0. The van der Waals surface area contributed by atoms with Crippen molar-refractivity contribution in [1.29, 1.82) is 0 Å². The molecule has 0 aromatic heterocycles. The molecule has 1 N–H and O–H groups in total. The summed E-state index contributed by atoms with van der Waals surface area (Å²) in [5.74, 6) is 6.46. The summed E-state index contributed by atoms with van der Waals surface area (Å²) in [4.78, 5) is 12.3. The molecule has 1 amide bonds. The predicted octanol–water partition coefficient (Wildman–Crippen LogP) is 7.61. The molecule has 2 heteroatoms. The summed E-state index contributed by atoms with van der Waals surface area (Å²) in [5, 5.41) is 3.47. The van der Waals surface area contributed by atoms with E-state index in [-0.39, 0.29) is 0 Å². The third-order valence-electron chi connectivity index (χ3n) is 11.1. The molecule has 2 nitrogen and oxygen atoms in total. The Morgan fingerprint density at radius 2 is 1.74 bits per heavy atom. The van der Waals surface area contributed by atoms with Gasteiger partial charge in [0.05, 0.1) is 0 Å². The van der Waals surface area contributed by atoms with Gasteiger partial charge in [-0.1, -0.05) is 73.6 Å². The molecule has 1 aliphatic heterocycles. The number of rotatable bonds is 7. The molecule has 0 aromatic carbocycles. The van der Waals surface area contributed by atoms with Crippen LogP contribution in [0.25, 0.3) is 0 Å². The van der Waals surface area contributed by atoms with Crippen molar-refractivity contribution in [1.82, 2.24) is 5.32 Å². The molecule has 178 valence electrons. The molecule has 3 saturated carbocycles. The molecule has 9 atom stereocenters. The summed E-state index contributed by atoms with van der Waals surface area (Å²) >= 11 is 0. The van der Waals surface area contributed by atoms with Crippen molar-refractivity contribution < 1.29 is 4.79 Å². The standard InChI is InChI=1S/C29H51NO/c1-7-9-21-18-25-29(6,17-15-26(31)30-25)24-14-16-28(5)22(12-13-23(28)27(21)24)20(4)11-8-10-19(2)3/h19-25,27H,7-18H2,1-6H3,(H,30,31)/t20-,21+,22-,23+,24+,25?,27+,28-,29-/m1/s1. The van der Waals surface area contributed by atoms with Crippen LogP contribution in [0.4, 0.5) is 0 Å². The van der Waals surface area contributed by atoms with E-state index < -0.39 is 0 Å². The van der Waals surface area contributed by atoms with Crippen LogP contribution in [0.2, 0.25) is 0 Å². The van der Waals surface area contributed by atoms with Gasteiger partial charge in [-0.05, 0) is 90.8 Å². The fourth-order valence-electron chi connectivity index (χ4n) is 9.55. The van der Waals surface area contributed by atoms with Crippen LogP contribution >= 0.6 is 0 Å². The minimum absolute atomic E-state index is 0.313. The number of hydrogen-bond acceptors (Lipinski definition) is 1. The first-order chi connectivity index (χ1) is 14.7. The Labute approximate surface area is 193 Å². The Hall–Kier alpha value is -0.530. The maximum Gasteiger partial charge on any atom is 0.220 e. The van der Waals surface area contributed by atoms with E-state index >= 15 is 0 Å². The highest BCUT2D eigenvalue weighted by molar-refractivity contribution is 5.77. The molecule has 4 fully saturated rings. The molecule has 0 aromatic rings. The fraction of sp³-hybridized carbons (Fsp3) is 0.966. The van der Waals surface area contributed by atoms with E-state index in [1.165, 1.54) is 64.2 Å². The number of amides is 1. The lowest BCUT2D eigenvalue weighted by molar-refractivity contribution is -0.146. The smallest absolute Gasteiger partial charge is 0.220 e. The van der Waals surface area contributed by atoms with Crippen molar-refractivity contribution in [2.24, 2.45) is 52.3 Å². The van der Waals surface area contributed by atoms with E-state index in [1.807, 2.05) is 0 Å². The summed E-state index contributed by atoms with van der Waals surface area (Å²) in [6, 6.07) is 0.433. The molecule has 1 unspecified atom stereocenters. The minimum atomic E-state index is 0.313. The van der Waals surface area contributed by atoms with Crippen molar-refractivity contribution in [3.8, 4) is 0 Å². The Balaban J connectivity index is 1.55. The normalized spacial score (nSPS) is 45.6. The molecule has 4 aliphatic rings. The lowest BCUT2D eigenvalue weighted by Gasteiger charge is -2.63. The molecular weight excluding hydrogens is 378 g/mol. The highest BCUT2D eigenvalue weighted by atomic mass is 16.1. The van der Waals surface area contributed by atoms with Crippen LogP contribution < -0.4 is 5.32 Å². The van der Waals surface area contributed by atoms with Gasteiger partial charge in [-0.2, -0.15) is 0 Å². The van der Waals surface area contributed by atoms with Crippen molar-refractivity contribution in [2.75, 3.05) is 0 Å². The predicted molar refractivity (Wildman–Crippen MR) is 131 cm³/mol.